The van der Waals surface area contributed by atoms with Crippen LogP contribution in [0.5, 0.6) is 0 Å². The van der Waals surface area contributed by atoms with Crippen molar-refractivity contribution >= 4 is 9.76 Å². The Labute approximate surface area is 81.4 Å². The molecule has 0 N–H and O–H groups in total. The van der Waals surface area contributed by atoms with Gasteiger partial charge < -0.3 is 18.6 Å². The second kappa shape index (κ2) is 6.50. The topological polar surface area (TPSA) is 36.9 Å². The van der Waals surface area contributed by atoms with Crippen LogP contribution in [0.4, 0.5) is 0 Å². The Bertz CT molecular complexity index is 123. The van der Waals surface area contributed by atoms with Gasteiger partial charge in [-0.1, -0.05) is 0 Å². The smallest absolute Gasteiger partial charge is 0.227 e. The average molecular weight is 206 g/mol. The van der Waals surface area contributed by atoms with Gasteiger partial charge in [0, 0.05) is 20.8 Å². The lowest BCUT2D eigenvalue weighted by atomic mass is 10.2. The molecule has 0 aromatic rings. The number of hydrogen-bond donors (Lipinski definition) is 0. The summed E-state index contributed by atoms with van der Waals surface area (Å²) in [4.78, 5) is 0. The fourth-order valence-electron chi connectivity index (χ4n) is 1.26. The molecule has 0 aliphatic carbocycles. The molecular weight excluding hydrogens is 188 g/mol. The van der Waals surface area contributed by atoms with Crippen molar-refractivity contribution in [1.29, 1.82) is 0 Å². The first-order valence-electron chi connectivity index (χ1n) is 4.65. The van der Waals surface area contributed by atoms with Crippen LogP contribution in [0.3, 0.4) is 0 Å². The molecule has 1 rings (SSSR count). The zero-order chi connectivity index (χ0) is 9.52. The molecule has 1 aliphatic heterocycles. The highest BCUT2D eigenvalue weighted by atomic mass is 28.2. The fourth-order valence-corrected chi connectivity index (χ4v) is 2.17. The lowest BCUT2D eigenvalue weighted by Gasteiger charge is -2.24. The molecule has 1 heterocycles. The Morgan fingerprint density at radius 2 is 2.08 bits per heavy atom. The van der Waals surface area contributed by atoms with Gasteiger partial charge in [0.05, 0.1) is 0 Å². The molecule has 0 aromatic carbocycles. The second-order valence-electron chi connectivity index (χ2n) is 3.03. The maximum absolute atomic E-state index is 5.59. The van der Waals surface area contributed by atoms with Crippen molar-refractivity contribution < 1.29 is 18.6 Å². The molecule has 0 saturated carbocycles. The largest absolute Gasteiger partial charge is 0.394 e. The van der Waals surface area contributed by atoms with Crippen LogP contribution in [0.15, 0.2) is 0 Å². The van der Waals surface area contributed by atoms with E-state index in [0.29, 0.717) is 0 Å². The van der Waals surface area contributed by atoms with Crippen molar-refractivity contribution in [3.63, 3.8) is 0 Å². The molecule has 0 aromatic heterocycles. The SMILES string of the molecule is COC(OC)[SiH2]OC1CCCCO1. The summed E-state index contributed by atoms with van der Waals surface area (Å²) in [7, 11) is 2.47. The zero-order valence-corrected chi connectivity index (χ0v) is 9.74. The van der Waals surface area contributed by atoms with Crippen LogP contribution in [0.1, 0.15) is 19.3 Å². The molecule has 1 fully saturated rings. The van der Waals surface area contributed by atoms with Gasteiger partial charge in [-0.2, -0.15) is 0 Å². The number of methoxy groups -OCH3 is 2. The lowest BCUT2D eigenvalue weighted by molar-refractivity contribution is -0.121. The molecule has 0 bridgehead atoms. The maximum Gasteiger partial charge on any atom is 0.227 e. The Balaban J connectivity index is 2.09. The molecule has 1 atom stereocenters. The fraction of sp³-hybridized carbons (Fsp3) is 1.00. The van der Waals surface area contributed by atoms with Gasteiger partial charge in [-0.3, -0.25) is 0 Å². The van der Waals surface area contributed by atoms with Crippen LogP contribution in [0, 0.1) is 0 Å². The third-order valence-corrected chi connectivity index (χ3v) is 3.58. The third kappa shape index (κ3) is 4.19. The van der Waals surface area contributed by atoms with E-state index < -0.39 is 9.76 Å². The van der Waals surface area contributed by atoms with E-state index in [0.717, 1.165) is 19.4 Å². The van der Waals surface area contributed by atoms with E-state index in [1.165, 1.54) is 6.42 Å². The quantitative estimate of drug-likeness (QED) is 0.475. The summed E-state index contributed by atoms with van der Waals surface area (Å²) in [5.74, 6) is -0.148. The van der Waals surface area contributed by atoms with Gasteiger partial charge in [0.25, 0.3) is 0 Å². The van der Waals surface area contributed by atoms with Crippen molar-refractivity contribution in [3.05, 3.63) is 0 Å². The first kappa shape index (κ1) is 11.1. The van der Waals surface area contributed by atoms with Crippen molar-refractivity contribution in [3.8, 4) is 0 Å². The van der Waals surface area contributed by atoms with Crippen molar-refractivity contribution in [2.45, 2.75) is 31.5 Å². The van der Waals surface area contributed by atoms with E-state index in [1.807, 2.05) is 0 Å². The highest BCUT2D eigenvalue weighted by Gasteiger charge is 2.16. The second-order valence-corrected chi connectivity index (χ2v) is 4.36. The predicted octanol–water partition coefficient (Wildman–Crippen LogP) is 0.190. The van der Waals surface area contributed by atoms with E-state index in [-0.39, 0.29) is 12.2 Å². The minimum Gasteiger partial charge on any atom is -0.394 e. The number of ether oxygens (including phenoxy) is 3. The van der Waals surface area contributed by atoms with Gasteiger partial charge in [0.1, 0.15) is 6.29 Å². The Kier molecular flexibility index (Phi) is 5.57. The predicted molar refractivity (Wildman–Crippen MR) is 51.0 cm³/mol. The number of rotatable bonds is 5. The molecule has 1 aliphatic rings. The lowest BCUT2D eigenvalue weighted by Crippen LogP contribution is -2.31. The van der Waals surface area contributed by atoms with E-state index in [1.54, 1.807) is 14.2 Å². The summed E-state index contributed by atoms with van der Waals surface area (Å²) >= 11 is 0. The van der Waals surface area contributed by atoms with Gasteiger partial charge in [-0.05, 0) is 19.3 Å². The molecule has 1 unspecified atom stereocenters. The molecule has 13 heavy (non-hydrogen) atoms. The minimum absolute atomic E-state index is 0.00628. The minimum atomic E-state index is -0.789. The van der Waals surface area contributed by atoms with Gasteiger partial charge in [0.2, 0.25) is 9.76 Å². The normalized spacial score (nSPS) is 24.7. The third-order valence-electron chi connectivity index (χ3n) is 2.08. The summed E-state index contributed by atoms with van der Waals surface area (Å²) in [6, 6.07) is 0. The maximum atomic E-state index is 5.59. The van der Waals surface area contributed by atoms with Crippen molar-refractivity contribution in [2.24, 2.45) is 0 Å². The summed E-state index contributed by atoms with van der Waals surface area (Å²) < 4.78 is 21.1. The van der Waals surface area contributed by atoms with Crippen LogP contribution in [0.2, 0.25) is 0 Å². The molecule has 78 valence electrons. The molecule has 0 spiro atoms. The van der Waals surface area contributed by atoms with Crippen LogP contribution in [-0.4, -0.2) is 42.8 Å². The highest BCUT2D eigenvalue weighted by Crippen LogP contribution is 2.13. The average Bonchev–Trinajstić information content (AvgIpc) is 2.21. The van der Waals surface area contributed by atoms with E-state index in [9.17, 15) is 0 Å². The van der Waals surface area contributed by atoms with Gasteiger partial charge in [-0.25, -0.2) is 0 Å². The monoisotopic (exact) mass is 206 g/mol. The van der Waals surface area contributed by atoms with Crippen LogP contribution in [-0.2, 0) is 18.6 Å². The van der Waals surface area contributed by atoms with Crippen LogP contribution < -0.4 is 0 Å². The summed E-state index contributed by atoms with van der Waals surface area (Å²) in [5.41, 5.74) is 0. The first-order valence-corrected chi connectivity index (χ1v) is 6.05. The number of hydrogen-bond acceptors (Lipinski definition) is 4. The van der Waals surface area contributed by atoms with Gasteiger partial charge >= 0.3 is 0 Å². The highest BCUT2D eigenvalue weighted by molar-refractivity contribution is 6.28. The van der Waals surface area contributed by atoms with E-state index in [4.69, 9.17) is 18.6 Å². The Morgan fingerprint density at radius 3 is 2.62 bits per heavy atom. The molecule has 4 nitrogen and oxygen atoms in total. The van der Waals surface area contributed by atoms with Crippen LogP contribution >= 0.6 is 0 Å². The van der Waals surface area contributed by atoms with E-state index in [2.05, 4.69) is 0 Å². The summed E-state index contributed by atoms with van der Waals surface area (Å²) in [5, 5.41) is 0. The summed E-state index contributed by atoms with van der Waals surface area (Å²) in [6.07, 6.45) is 3.35. The first-order chi connectivity index (χ1) is 6.36. The van der Waals surface area contributed by atoms with Crippen molar-refractivity contribution in [2.75, 3.05) is 20.8 Å². The molecule has 0 amide bonds. The van der Waals surface area contributed by atoms with E-state index >= 15 is 0 Å². The Hall–Kier alpha value is 0.0569. The Morgan fingerprint density at radius 1 is 1.31 bits per heavy atom. The molecule has 1 saturated heterocycles. The van der Waals surface area contributed by atoms with Crippen LogP contribution in [0.25, 0.3) is 0 Å². The summed E-state index contributed by atoms with van der Waals surface area (Å²) in [6.45, 7) is 0.823. The van der Waals surface area contributed by atoms with Gasteiger partial charge in [0.15, 0.2) is 5.91 Å². The van der Waals surface area contributed by atoms with Crippen molar-refractivity contribution in [1.82, 2.24) is 0 Å². The molecule has 5 heteroatoms. The molecule has 0 radical (unpaired) electrons. The standard InChI is InChI=1S/C8H18O4Si/c1-9-8(10-2)13-12-7-5-3-4-6-11-7/h7-8H,3-6,13H2,1-2H3. The van der Waals surface area contributed by atoms with Gasteiger partial charge in [-0.15, -0.1) is 0 Å². The zero-order valence-electron chi connectivity index (χ0n) is 8.32. The molecular formula is C8H18O4Si.